The Morgan fingerprint density at radius 2 is 1.53 bits per heavy atom. The third-order valence-corrected chi connectivity index (χ3v) is 11.8. The fourth-order valence-corrected chi connectivity index (χ4v) is 8.75. The molecule has 4 aromatic rings. The Kier molecular flexibility index (Phi) is 7.54. The first-order valence-electron chi connectivity index (χ1n) is 11.6. The average molecular weight is 591 g/mol. The molecule has 0 atom stereocenters. The van der Waals surface area contributed by atoms with Crippen LogP contribution in [0, 0.1) is 0 Å². The zero-order chi connectivity index (χ0) is 26.9. The van der Waals surface area contributed by atoms with Crippen molar-refractivity contribution in [3.05, 3.63) is 88.4 Å². The average Bonchev–Trinajstić information content (AvgIpc) is 3.42. The molecule has 0 aliphatic carbocycles. The first-order valence-corrected chi connectivity index (χ1v) is 15.7. The predicted molar refractivity (Wildman–Crippen MR) is 146 cm³/mol. The molecule has 1 aliphatic rings. The smallest absolute Gasteiger partial charge is 0.252 e. The number of carbonyl (C=O) groups is 1. The van der Waals surface area contributed by atoms with E-state index in [1.165, 1.54) is 20.7 Å². The third kappa shape index (κ3) is 5.33. The highest BCUT2D eigenvalue weighted by atomic mass is 35.5. The minimum absolute atomic E-state index is 0.0279. The lowest BCUT2D eigenvalue weighted by atomic mass is 10.2. The number of benzene rings is 2. The molecule has 0 unspecified atom stereocenters. The number of hydrogen-bond acceptors (Lipinski definition) is 7. The van der Waals surface area contributed by atoms with Crippen molar-refractivity contribution in [1.29, 1.82) is 0 Å². The van der Waals surface area contributed by atoms with Gasteiger partial charge in [0.05, 0.1) is 12.1 Å². The summed E-state index contributed by atoms with van der Waals surface area (Å²) in [5, 5.41) is 4.01. The third-order valence-electron chi connectivity index (χ3n) is 6.17. The van der Waals surface area contributed by atoms with E-state index in [0.717, 1.165) is 11.3 Å². The van der Waals surface area contributed by atoms with E-state index < -0.39 is 20.0 Å². The largest absolute Gasteiger partial charge is 0.347 e. The van der Waals surface area contributed by atoms with Gasteiger partial charge in [0.1, 0.15) is 9.10 Å². The predicted octanol–water partition coefficient (Wildman–Crippen LogP) is 3.57. The first-order chi connectivity index (χ1) is 18.2. The molecule has 5 rings (SSSR count). The second-order valence-electron chi connectivity index (χ2n) is 8.55. The zero-order valence-electron chi connectivity index (χ0n) is 19.9. The van der Waals surface area contributed by atoms with Gasteiger partial charge in [-0.2, -0.15) is 8.61 Å². The number of nitrogens with one attached hydrogen (secondary N) is 1. The van der Waals surface area contributed by atoms with Gasteiger partial charge in [-0.3, -0.25) is 9.78 Å². The Labute approximate surface area is 229 Å². The summed E-state index contributed by atoms with van der Waals surface area (Å²) in [6, 6.07) is 18.2. The highest BCUT2D eigenvalue weighted by Gasteiger charge is 2.35. The summed E-state index contributed by atoms with van der Waals surface area (Å²) in [5.74, 6) is -0.293. The molecule has 1 amide bonds. The first kappa shape index (κ1) is 26.7. The number of thiophene rings is 1. The summed E-state index contributed by atoms with van der Waals surface area (Å²) in [6.07, 6.45) is 1.55. The minimum atomic E-state index is -3.85. The molecule has 198 valence electrons. The lowest BCUT2D eigenvalue weighted by Gasteiger charge is -2.33. The lowest BCUT2D eigenvalue weighted by molar-refractivity contribution is 0.0951. The molecule has 13 heteroatoms. The fourth-order valence-electron chi connectivity index (χ4n) is 4.16. The van der Waals surface area contributed by atoms with E-state index in [1.54, 1.807) is 60.8 Å². The Bertz CT molecular complexity index is 1690. The van der Waals surface area contributed by atoms with Crippen LogP contribution in [0.15, 0.2) is 82.0 Å². The number of pyridine rings is 1. The highest BCUT2D eigenvalue weighted by Crippen LogP contribution is 2.28. The van der Waals surface area contributed by atoms with Gasteiger partial charge in [-0.25, -0.2) is 16.8 Å². The normalized spacial score (nSPS) is 15.5. The molecule has 0 radical (unpaired) electrons. The Morgan fingerprint density at radius 3 is 2.24 bits per heavy atom. The Balaban J connectivity index is 1.23. The van der Waals surface area contributed by atoms with E-state index in [9.17, 15) is 21.6 Å². The molecular weight excluding hydrogens is 568 g/mol. The van der Waals surface area contributed by atoms with Crippen LogP contribution in [0.3, 0.4) is 0 Å². The van der Waals surface area contributed by atoms with Crippen molar-refractivity contribution in [2.75, 3.05) is 26.2 Å². The van der Waals surface area contributed by atoms with E-state index in [0.29, 0.717) is 26.4 Å². The lowest BCUT2D eigenvalue weighted by Crippen LogP contribution is -2.50. The molecule has 2 aromatic carbocycles. The van der Waals surface area contributed by atoms with E-state index >= 15 is 0 Å². The number of fused-ring (bicyclic) bond motifs is 1. The molecule has 2 aromatic heterocycles. The van der Waals surface area contributed by atoms with Gasteiger partial charge in [0.25, 0.3) is 15.9 Å². The molecule has 1 saturated heterocycles. The van der Waals surface area contributed by atoms with Crippen LogP contribution in [0.25, 0.3) is 10.9 Å². The van der Waals surface area contributed by atoms with E-state index in [-0.39, 0.29) is 47.7 Å². The molecule has 3 heterocycles. The van der Waals surface area contributed by atoms with E-state index in [4.69, 9.17) is 11.6 Å². The van der Waals surface area contributed by atoms with Crippen molar-refractivity contribution < 1.29 is 21.6 Å². The monoisotopic (exact) mass is 590 g/mol. The quantitative estimate of drug-likeness (QED) is 0.352. The maximum absolute atomic E-state index is 13.4. The van der Waals surface area contributed by atoms with Gasteiger partial charge in [0, 0.05) is 53.2 Å². The van der Waals surface area contributed by atoms with Crippen LogP contribution in [-0.2, 0) is 26.6 Å². The summed E-state index contributed by atoms with van der Waals surface area (Å²) in [4.78, 5) is 17.4. The number of para-hydroxylation sites is 1. The number of hydrogen-bond donors (Lipinski definition) is 1. The van der Waals surface area contributed by atoms with Gasteiger partial charge >= 0.3 is 0 Å². The van der Waals surface area contributed by atoms with Crippen molar-refractivity contribution in [3.63, 3.8) is 0 Å². The van der Waals surface area contributed by atoms with Gasteiger partial charge < -0.3 is 5.32 Å². The van der Waals surface area contributed by atoms with Crippen molar-refractivity contribution in [2.45, 2.75) is 15.6 Å². The maximum atomic E-state index is 13.4. The van der Waals surface area contributed by atoms with Crippen molar-refractivity contribution in [1.82, 2.24) is 18.9 Å². The van der Waals surface area contributed by atoms with Crippen LogP contribution in [0.4, 0.5) is 0 Å². The number of amides is 1. The second kappa shape index (κ2) is 10.7. The van der Waals surface area contributed by atoms with Crippen LogP contribution in [0.5, 0.6) is 0 Å². The molecule has 38 heavy (non-hydrogen) atoms. The molecule has 1 N–H and O–H groups in total. The standard InChI is InChI=1S/C25H23ClN4O5S3/c26-20-8-6-19(7-9-20)25(31)28-17-21-10-11-23(36-21)38(34,35)30-15-13-29(14-16-30)37(32,33)22-5-1-3-18-4-2-12-27-24(18)22/h1-12H,13-17H2,(H,28,31). The van der Waals surface area contributed by atoms with Gasteiger partial charge in [0.15, 0.2) is 0 Å². The number of aromatic nitrogens is 1. The molecular formula is C25H23ClN4O5S3. The molecule has 1 fully saturated rings. The number of piperazine rings is 1. The highest BCUT2D eigenvalue weighted by molar-refractivity contribution is 7.91. The van der Waals surface area contributed by atoms with Crippen molar-refractivity contribution in [3.8, 4) is 0 Å². The van der Waals surface area contributed by atoms with Gasteiger partial charge in [-0.05, 0) is 48.5 Å². The SMILES string of the molecule is O=C(NCc1ccc(S(=O)(=O)N2CCN(S(=O)(=O)c3cccc4cccnc34)CC2)s1)c1ccc(Cl)cc1. The minimum Gasteiger partial charge on any atom is -0.347 e. The summed E-state index contributed by atoms with van der Waals surface area (Å²) >= 11 is 6.92. The fraction of sp³-hybridized carbons (Fsp3) is 0.200. The summed E-state index contributed by atoms with van der Waals surface area (Å²) < 4.78 is 56.0. The number of halogens is 1. The molecule has 1 aliphatic heterocycles. The number of nitrogens with zero attached hydrogens (tertiary/aromatic N) is 3. The van der Waals surface area contributed by atoms with Crippen LogP contribution < -0.4 is 5.32 Å². The topological polar surface area (TPSA) is 117 Å². The van der Waals surface area contributed by atoms with Crippen LogP contribution in [0.1, 0.15) is 15.2 Å². The van der Waals surface area contributed by atoms with Gasteiger partial charge in [-0.1, -0.05) is 29.8 Å². The van der Waals surface area contributed by atoms with E-state index in [2.05, 4.69) is 10.3 Å². The summed E-state index contributed by atoms with van der Waals surface area (Å²) in [5.41, 5.74) is 0.838. The molecule has 9 nitrogen and oxygen atoms in total. The molecule has 0 spiro atoms. The van der Waals surface area contributed by atoms with Crippen molar-refractivity contribution >= 4 is 59.8 Å². The second-order valence-corrected chi connectivity index (χ2v) is 14.2. The van der Waals surface area contributed by atoms with Gasteiger partial charge in [-0.15, -0.1) is 11.3 Å². The molecule has 0 saturated carbocycles. The van der Waals surface area contributed by atoms with Gasteiger partial charge in [0.2, 0.25) is 10.0 Å². The summed E-state index contributed by atoms with van der Waals surface area (Å²) in [6.45, 7) is 0.285. The van der Waals surface area contributed by atoms with Crippen LogP contribution >= 0.6 is 22.9 Å². The summed E-state index contributed by atoms with van der Waals surface area (Å²) in [7, 11) is -7.67. The Morgan fingerprint density at radius 1 is 0.868 bits per heavy atom. The Hall–Kier alpha value is -2.87. The molecule has 0 bridgehead atoms. The van der Waals surface area contributed by atoms with Crippen LogP contribution in [0.2, 0.25) is 5.02 Å². The van der Waals surface area contributed by atoms with Crippen molar-refractivity contribution in [2.24, 2.45) is 0 Å². The van der Waals surface area contributed by atoms with E-state index in [1.807, 2.05) is 0 Å². The number of rotatable bonds is 7. The zero-order valence-corrected chi connectivity index (χ0v) is 23.2. The van der Waals surface area contributed by atoms with Crippen LogP contribution in [-0.4, -0.2) is 62.5 Å². The number of sulfonamides is 2. The maximum Gasteiger partial charge on any atom is 0.252 e. The number of carbonyl (C=O) groups excluding carboxylic acids is 1.